The molecule has 2 aromatic rings. The van der Waals surface area contributed by atoms with Gasteiger partial charge in [0.05, 0.1) is 5.69 Å². The molecule has 0 saturated carbocycles. The molecule has 0 fully saturated rings. The number of benzene rings is 1. The van der Waals surface area contributed by atoms with E-state index in [0.29, 0.717) is 17.8 Å². The Balaban J connectivity index is 2.25. The molecule has 0 amide bonds. The zero-order valence-electron chi connectivity index (χ0n) is 15.0. The van der Waals surface area contributed by atoms with E-state index in [9.17, 15) is 9.59 Å². The second-order valence-electron chi connectivity index (χ2n) is 5.77. The lowest BCUT2D eigenvalue weighted by Gasteiger charge is -2.21. The molecule has 1 atom stereocenters. The van der Waals surface area contributed by atoms with Crippen molar-refractivity contribution in [1.29, 1.82) is 0 Å². The van der Waals surface area contributed by atoms with Gasteiger partial charge in [0.2, 0.25) is 0 Å². The number of ether oxygens (including phenoxy) is 1. The van der Waals surface area contributed by atoms with E-state index in [2.05, 4.69) is 23.8 Å². The van der Waals surface area contributed by atoms with E-state index in [4.69, 9.17) is 4.74 Å². The summed E-state index contributed by atoms with van der Waals surface area (Å²) in [6, 6.07) is 11.3. The van der Waals surface area contributed by atoms with Crippen LogP contribution in [0.3, 0.4) is 0 Å². The molecule has 6 heteroatoms. The average Bonchev–Trinajstić information content (AvgIpc) is 2.63. The SMILES string of the molecule is CCN(CC)CCOC(=O)[C@@H](c1ccccc1)n1nc(C)ccc1=O. The summed E-state index contributed by atoms with van der Waals surface area (Å²) >= 11 is 0. The summed E-state index contributed by atoms with van der Waals surface area (Å²) in [5, 5.41) is 4.24. The molecule has 1 heterocycles. The number of aryl methyl sites for hydroxylation is 1. The Morgan fingerprint density at radius 3 is 2.48 bits per heavy atom. The van der Waals surface area contributed by atoms with Crippen LogP contribution in [0.25, 0.3) is 0 Å². The summed E-state index contributed by atoms with van der Waals surface area (Å²) in [5.41, 5.74) is 1.01. The normalized spacial score (nSPS) is 12.2. The lowest BCUT2D eigenvalue weighted by atomic mass is 10.1. The van der Waals surface area contributed by atoms with Gasteiger partial charge in [-0.25, -0.2) is 9.48 Å². The van der Waals surface area contributed by atoms with E-state index in [-0.39, 0.29) is 12.2 Å². The molecule has 0 aliphatic heterocycles. The molecule has 0 radical (unpaired) electrons. The molecule has 1 aromatic heterocycles. The number of carbonyl (C=O) groups excluding carboxylic acids is 1. The quantitative estimate of drug-likeness (QED) is 0.686. The zero-order valence-corrected chi connectivity index (χ0v) is 15.0. The van der Waals surface area contributed by atoms with Crippen LogP contribution in [0.4, 0.5) is 0 Å². The van der Waals surface area contributed by atoms with E-state index in [0.717, 1.165) is 13.1 Å². The highest BCUT2D eigenvalue weighted by molar-refractivity contribution is 5.78. The molecule has 1 aromatic carbocycles. The maximum atomic E-state index is 12.7. The number of esters is 1. The van der Waals surface area contributed by atoms with Gasteiger partial charge in [-0.3, -0.25) is 4.79 Å². The van der Waals surface area contributed by atoms with E-state index >= 15 is 0 Å². The number of rotatable bonds is 8. The molecule has 0 aliphatic carbocycles. The summed E-state index contributed by atoms with van der Waals surface area (Å²) in [4.78, 5) is 27.1. The highest BCUT2D eigenvalue weighted by Crippen LogP contribution is 2.17. The number of nitrogens with zero attached hydrogens (tertiary/aromatic N) is 3. The molecule has 6 nitrogen and oxygen atoms in total. The fourth-order valence-electron chi connectivity index (χ4n) is 2.61. The minimum absolute atomic E-state index is 0.282. The zero-order chi connectivity index (χ0) is 18.2. The van der Waals surface area contributed by atoms with Crippen molar-refractivity contribution in [1.82, 2.24) is 14.7 Å². The van der Waals surface area contributed by atoms with Gasteiger partial charge >= 0.3 is 5.97 Å². The molecule has 0 unspecified atom stereocenters. The maximum Gasteiger partial charge on any atom is 0.335 e. The van der Waals surface area contributed by atoms with Gasteiger partial charge in [0.25, 0.3) is 5.56 Å². The average molecular weight is 343 g/mol. The first-order valence-electron chi connectivity index (χ1n) is 8.57. The molecule has 0 N–H and O–H groups in total. The third-order valence-electron chi connectivity index (χ3n) is 4.09. The Hall–Kier alpha value is -2.47. The van der Waals surface area contributed by atoms with Crippen LogP contribution >= 0.6 is 0 Å². The van der Waals surface area contributed by atoms with Crippen molar-refractivity contribution in [2.75, 3.05) is 26.2 Å². The minimum Gasteiger partial charge on any atom is -0.462 e. The summed E-state index contributed by atoms with van der Waals surface area (Å²) in [5.74, 6) is -0.474. The Morgan fingerprint density at radius 1 is 1.16 bits per heavy atom. The smallest absolute Gasteiger partial charge is 0.335 e. The largest absolute Gasteiger partial charge is 0.462 e. The Bertz CT molecular complexity index is 739. The Labute approximate surface area is 148 Å². The van der Waals surface area contributed by atoms with Crippen LogP contribution in [-0.2, 0) is 9.53 Å². The lowest BCUT2D eigenvalue weighted by molar-refractivity contribution is -0.147. The van der Waals surface area contributed by atoms with E-state index < -0.39 is 12.0 Å². The molecule has 0 aliphatic rings. The maximum absolute atomic E-state index is 12.7. The van der Waals surface area contributed by atoms with Gasteiger partial charge in [0, 0.05) is 12.6 Å². The van der Waals surface area contributed by atoms with Crippen molar-refractivity contribution < 1.29 is 9.53 Å². The molecule has 0 spiro atoms. The van der Waals surface area contributed by atoms with Crippen LogP contribution in [0.5, 0.6) is 0 Å². The number of hydrogen-bond donors (Lipinski definition) is 0. The number of carbonyl (C=O) groups is 1. The summed E-state index contributed by atoms with van der Waals surface area (Å²) < 4.78 is 6.66. The first kappa shape index (κ1) is 18.9. The van der Waals surface area contributed by atoms with Crippen molar-refractivity contribution in [3.8, 4) is 0 Å². The molecule has 2 rings (SSSR count). The third-order valence-corrected chi connectivity index (χ3v) is 4.09. The predicted octanol–water partition coefficient (Wildman–Crippen LogP) is 2.03. The highest BCUT2D eigenvalue weighted by Gasteiger charge is 2.26. The van der Waals surface area contributed by atoms with Gasteiger partial charge in [-0.05, 0) is 31.6 Å². The second kappa shape index (κ2) is 9.13. The number of aromatic nitrogens is 2. The van der Waals surface area contributed by atoms with Crippen LogP contribution in [0, 0.1) is 6.92 Å². The molecule has 25 heavy (non-hydrogen) atoms. The van der Waals surface area contributed by atoms with Gasteiger partial charge in [-0.15, -0.1) is 0 Å². The predicted molar refractivity (Wildman–Crippen MR) is 96.6 cm³/mol. The van der Waals surface area contributed by atoms with Crippen LogP contribution in [0.1, 0.15) is 31.1 Å². The van der Waals surface area contributed by atoms with Gasteiger partial charge in [0.15, 0.2) is 6.04 Å². The van der Waals surface area contributed by atoms with Crippen molar-refractivity contribution in [2.24, 2.45) is 0 Å². The first-order chi connectivity index (χ1) is 12.1. The van der Waals surface area contributed by atoms with Gasteiger partial charge in [-0.1, -0.05) is 44.2 Å². The fourth-order valence-corrected chi connectivity index (χ4v) is 2.61. The third kappa shape index (κ3) is 5.00. The molecular formula is C19H25N3O3. The first-order valence-corrected chi connectivity index (χ1v) is 8.57. The molecule has 0 bridgehead atoms. The molecule has 134 valence electrons. The summed E-state index contributed by atoms with van der Waals surface area (Å²) in [6.45, 7) is 8.65. The van der Waals surface area contributed by atoms with Crippen LogP contribution in [0.15, 0.2) is 47.3 Å². The van der Waals surface area contributed by atoms with Gasteiger partial charge < -0.3 is 9.64 Å². The monoisotopic (exact) mass is 343 g/mol. The molecular weight excluding hydrogens is 318 g/mol. The van der Waals surface area contributed by atoms with Crippen LogP contribution < -0.4 is 5.56 Å². The van der Waals surface area contributed by atoms with Crippen molar-refractivity contribution >= 4 is 5.97 Å². The van der Waals surface area contributed by atoms with Crippen molar-refractivity contribution in [2.45, 2.75) is 26.8 Å². The lowest BCUT2D eigenvalue weighted by Crippen LogP contribution is -2.35. The van der Waals surface area contributed by atoms with Crippen molar-refractivity contribution in [3.05, 3.63) is 64.1 Å². The van der Waals surface area contributed by atoms with Crippen molar-refractivity contribution in [3.63, 3.8) is 0 Å². The van der Waals surface area contributed by atoms with Crippen LogP contribution in [0.2, 0.25) is 0 Å². The number of hydrogen-bond acceptors (Lipinski definition) is 5. The Morgan fingerprint density at radius 2 is 1.84 bits per heavy atom. The minimum atomic E-state index is -0.884. The summed E-state index contributed by atoms with van der Waals surface area (Å²) in [7, 11) is 0. The second-order valence-corrected chi connectivity index (χ2v) is 5.77. The number of likely N-dealkylation sites (N-methyl/N-ethyl adjacent to an activating group) is 1. The fraction of sp³-hybridized carbons (Fsp3) is 0.421. The van der Waals surface area contributed by atoms with Gasteiger partial charge in [0.1, 0.15) is 6.61 Å². The highest BCUT2D eigenvalue weighted by atomic mass is 16.5. The van der Waals surface area contributed by atoms with E-state index in [1.807, 2.05) is 18.2 Å². The standard InChI is InChI=1S/C19H25N3O3/c1-4-21(5-2)13-14-25-19(24)18(16-9-7-6-8-10-16)22-17(23)12-11-15(3)20-22/h6-12,18H,4-5,13-14H2,1-3H3/t18-/m1/s1. The topological polar surface area (TPSA) is 64.4 Å². The molecule has 0 saturated heterocycles. The Kier molecular flexibility index (Phi) is 6.89. The summed E-state index contributed by atoms with van der Waals surface area (Å²) in [6.07, 6.45) is 0. The van der Waals surface area contributed by atoms with E-state index in [1.54, 1.807) is 25.1 Å². The van der Waals surface area contributed by atoms with Gasteiger partial charge in [-0.2, -0.15) is 5.10 Å². The van der Waals surface area contributed by atoms with Crippen LogP contribution in [-0.4, -0.2) is 46.9 Å². The van der Waals surface area contributed by atoms with E-state index in [1.165, 1.54) is 10.7 Å².